The number of carbonyl (C=O) groups is 2. The van der Waals surface area contributed by atoms with E-state index in [1.54, 1.807) is 9.91 Å². The molecule has 1 unspecified atom stereocenters. The summed E-state index contributed by atoms with van der Waals surface area (Å²) in [6, 6.07) is 8.95. The van der Waals surface area contributed by atoms with Crippen LogP contribution in [0.3, 0.4) is 0 Å². The van der Waals surface area contributed by atoms with Crippen LogP contribution in [0.1, 0.15) is 13.3 Å². The first-order valence-electron chi connectivity index (χ1n) is 7.80. The lowest BCUT2D eigenvalue weighted by Gasteiger charge is -2.31. The molecule has 23 heavy (non-hydrogen) atoms. The zero-order chi connectivity index (χ0) is 16.4. The highest BCUT2D eigenvalue weighted by Crippen LogP contribution is 2.25. The molecule has 0 saturated carbocycles. The molecule has 0 aromatic heterocycles. The minimum absolute atomic E-state index is 0.108. The van der Waals surface area contributed by atoms with Crippen molar-refractivity contribution in [1.82, 2.24) is 10.2 Å². The van der Waals surface area contributed by atoms with Gasteiger partial charge in [0, 0.05) is 32.1 Å². The molecule has 1 fully saturated rings. The van der Waals surface area contributed by atoms with Gasteiger partial charge in [0.25, 0.3) is 5.91 Å². The second-order valence-corrected chi connectivity index (χ2v) is 5.96. The van der Waals surface area contributed by atoms with Gasteiger partial charge in [-0.15, -0.1) is 0 Å². The number of benzene rings is 1. The van der Waals surface area contributed by atoms with Crippen molar-refractivity contribution in [3.05, 3.63) is 30.3 Å². The van der Waals surface area contributed by atoms with Gasteiger partial charge in [-0.05, 0) is 19.1 Å². The van der Waals surface area contributed by atoms with E-state index >= 15 is 0 Å². The van der Waals surface area contributed by atoms with Crippen molar-refractivity contribution in [2.45, 2.75) is 25.4 Å². The second kappa shape index (κ2) is 6.37. The maximum absolute atomic E-state index is 12.7. The van der Waals surface area contributed by atoms with Crippen LogP contribution < -0.4 is 16.1 Å². The molecule has 122 valence electrons. The molecule has 0 aliphatic carbocycles. The van der Waals surface area contributed by atoms with Crippen LogP contribution >= 0.6 is 0 Å². The molecule has 3 N–H and O–H groups in total. The van der Waals surface area contributed by atoms with Crippen molar-refractivity contribution in [2.75, 3.05) is 24.6 Å². The summed E-state index contributed by atoms with van der Waals surface area (Å²) in [5.74, 6) is -0.586. The molecule has 0 spiro atoms. The lowest BCUT2D eigenvalue weighted by Crippen LogP contribution is -2.53. The van der Waals surface area contributed by atoms with Crippen LogP contribution in [-0.4, -0.2) is 54.1 Å². The maximum atomic E-state index is 12.7. The molecule has 1 saturated heterocycles. The molecular weight excluding hydrogens is 294 g/mol. The second-order valence-electron chi connectivity index (χ2n) is 5.96. The predicted molar refractivity (Wildman–Crippen MR) is 88.0 cm³/mol. The van der Waals surface area contributed by atoms with Crippen molar-refractivity contribution < 1.29 is 9.59 Å². The summed E-state index contributed by atoms with van der Waals surface area (Å²) in [7, 11) is 0. The van der Waals surface area contributed by atoms with Crippen LogP contribution in [0.5, 0.6) is 0 Å². The molecule has 1 aromatic rings. The Labute approximate surface area is 135 Å². The van der Waals surface area contributed by atoms with Crippen LogP contribution in [0.15, 0.2) is 35.4 Å². The molecule has 0 bridgehead atoms. The molecule has 2 amide bonds. The number of hydrogen-bond acceptors (Lipinski definition) is 5. The quantitative estimate of drug-likeness (QED) is 0.817. The number of nitrogens with two attached hydrogens (primary N) is 1. The Bertz CT molecular complexity index is 631. The number of carbonyl (C=O) groups excluding carboxylic acids is 2. The van der Waals surface area contributed by atoms with Crippen LogP contribution in [0.25, 0.3) is 0 Å². The first-order valence-corrected chi connectivity index (χ1v) is 7.80. The summed E-state index contributed by atoms with van der Waals surface area (Å²) >= 11 is 0. The molecule has 2 heterocycles. The number of anilines is 1. The Morgan fingerprint density at radius 2 is 2.04 bits per heavy atom. The fourth-order valence-corrected chi connectivity index (χ4v) is 2.98. The van der Waals surface area contributed by atoms with E-state index in [9.17, 15) is 9.59 Å². The average molecular weight is 315 g/mol. The van der Waals surface area contributed by atoms with Gasteiger partial charge >= 0.3 is 0 Å². The van der Waals surface area contributed by atoms with E-state index in [-0.39, 0.29) is 18.4 Å². The van der Waals surface area contributed by atoms with Gasteiger partial charge in [0.1, 0.15) is 11.8 Å². The topological polar surface area (TPSA) is 91.0 Å². The third-order valence-electron chi connectivity index (χ3n) is 4.16. The molecule has 2 aliphatic rings. The number of rotatable bonds is 3. The Morgan fingerprint density at radius 3 is 2.70 bits per heavy atom. The van der Waals surface area contributed by atoms with Gasteiger partial charge in [-0.3, -0.25) is 14.6 Å². The third-order valence-corrected chi connectivity index (χ3v) is 4.16. The van der Waals surface area contributed by atoms with Gasteiger partial charge < -0.3 is 16.0 Å². The summed E-state index contributed by atoms with van der Waals surface area (Å²) in [6.07, 6.45) is 0.251. The van der Waals surface area contributed by atoms with Crippen molar-refractivity contribution >= 4 is 23.2 Å². The van der Waals surface area contributed by atoms with Crippen molar-refractivity contribution in [1.29, 1.82) is 0 Å². The lowest BCUT2D eigenvalue weighted by atomic mass is 10.1. The molecule has 2 atom stereocenters. The third kappa shape index (κ3) is 3.19. The van der Waals surface area contributed by atoms with E-state index in [0.717, 1.165) is 12.2 Å². The zero-order valence-corrected chi connectivity index (χ0v) is 13.1. The van der Waals surface area contributed by atoms with Crippen molar-refractivity contribution in [3.8, 4) is 0 Å². The van der Waals surface area contributed by atoms with Gasteiger partial charge in [-0.25, -0.2) is 0 Å². The number of primary amides is 1. The highest BCUT2D eigenvalue weighted by Gasteiger charge is 2.37. The van der Waals surface area contributed by atoms with Crippen LogP contribution in [0.4, 0.5) is 5.69 Å². The van der Waals surface area contributed by atoms with Crippen molar-refractivity contribution in [3.63, 3.8) is 0 Å². The summed E-state index contributed by atoms with van der Waals surface area (Å²) in [6.45, 7) is 4.10. The molecule has 1 aromatic carbocycles. The zero-order valence-electron chi connectivity index (χ0n) is 13.1. The van der Waals surface area contributed by atoms with E-state index in [4.69, 9.17) is 5.73 Å². The Balaban J connectivity index is 1.82. The lowest BCUT2D eigenvalue weighted by molar-refractivity contribution is -0.125. The molecule has 2 aliphatic heterocycles. The monoisotopic (exact) mass is 315 g/mol. The van der Waals surface area contributed by atoms with Crippen LogP contribution in [0, 0.1) is 0 Å². The Hall–Kier alpha value is -2.41. The predicted octanol–water partition coefficient (Wildman–Crippen LogP) is -0.0731. The smallest absolute Gasteiger partial charge is 0.270 e. The van der Waals surface area contributed by atoms with Crippen LogP contribution in [-0.2, 0) is 9.59 Å². The Morgan fingerprint density at radius 1 is 1.30 bits per heavy atom. The first-order chi connectivity index (χ1) is 11.1. The minimum Gasteiger partial charge on any atom is -0.368 e. The highest BCUT2D eigenvalue weighted by atomic mass is 16.2. The molecular formula is C16H21N5O2. The minimum atomic E-state index is -0.614. The SMILES string of the molecule is C[C@@H]1CN(C(=O)C2=NN(c3ccccc3)C(C(N)=O)C2)CCN1. The van der Waals surface area contributed by atoms with E-state index in [1.165, 1.54) is 0 Å². The largest absolute Gasteiger partial charge is 0.368 e. The number of piperazine rings is 1. The van der Waals surface area contributed by atoms with E-state index in [1.807, 2.05) is 37.3 Å². The first kappa shape index (κ1) is 15.5. The van der Waals surface area contributed by atoms with Gasteiger partial charge in [0.05, 0.1) is 5.69 Å². The fourth-order valence-electron chi connectivity index (χ4n) is 2.98. The normalized spacial score (nSPS) is 24.5. The number of nitrogens with zero attached hydrogens (tertiary/aromatic N) is 3. The molecule has 0 radical (unpaired) electrons. The Kier molecular flexibility index (Phi) is 4.29. The summed E-state index contributed by atoms with van der Waals surface area (Å²) in [5, 5.41) is 9.26. The number of para-hydroxylation sites is 1. The maximum Gasteiger partial charge on any atom is 0.270 e. The standard InChI is InChI=1S/C16H21N5O2/c1-11-10-20(8-7-18-11)16(23)13-9-14(15(17)22)21(19-13)12-5-3-2-4-6-12/h2-6,11,14,18H,7-10H2,1H3,(H2,17,22)/t11-,14?/m1/s1. The van der Waals surface area contributed by atoms with Gasteiger partial charge in [-0.2, -0.15) is 5.10 Å². The van der Waals surface area contributed by atoms with E-state index < -0.39 is 11.9 Å². The van der Waals surface area contributed by atoms with E-state index in [0.29, 0.717) is 18.8 Å². The average Bonchev–Trinajstić information content (AvgIpc) is 3.00. The van der Waals surface area contributed by atoms with Crippen LogP contribution in [0.2, 0.25) is 0 Å². The number of nitrogens with one attached hydrogen (secondary N) is 1. The summed E-state index contributed by atoms with van der Waals surface area (Å²) < 4.78 is 0. The summed E-state index contributed by atoms with van der Waals surface area (Å²) in [4.78, 5) is 26.2. The fraction of sp³-hybridized carbons (Fsp3) is 0.438. The number of hydrazone groups is 1. The molecule has 7 nitrogen and oxygen atoms in total. The molecule has 7 heteroatoms. The van der Waals surface area contributed by atoms with Gasteiger partial charge in [0.15, 0.2) is 0 Å². The molecule has 3 rings (SSSR count). The number of amides is 2. The van der Waals surface area contributed by atoms with E-state index in [2.05, 4.69) is 10.4 Å². The summed E-state index contributed by atoms with van der Waals surface area (Å²) in [5.41, 5.74) is 6.65. The van der Waals surface area contributed by atoms with Crippen molar-refractivity contribution in [2.24, 2.45) is 10.8 Å². The highest BCUT2D eigenvalue weighted by molar-refractivity contribution is 6.40. The number of hydrogen-bond donors (Lipinski definition) is 2. The van der Waals surface area contributed by atoms with Gasteiger partial charge in [0.2, 0.25) is 5.91 Å². The van der Waals surface area contributed by atoms with Gasteiger partial charge in [-0.1, -0.05) is 18.2 Å².